The molecule has 1 rings (SSSR count). The summed E-state index contributed by atoms with van der Waals surface area (Å²) in [6, 6.07) is 3.04. The Balaban J connectivity index is 2.78. The average Bonchev–Trinajstić information content (AvgIpc) is 2.21. The largest absolute Gasteiger partial charge is 0.480 e. The SMILES string of the molecule is Cc1nc(N[C@H](CC(C)C)C(=O)O)ccc1Br. The molecular formula is C12H17BrN2O2. The zero-order valence-electron chi connectivity index (χ0n) is 10.2. The van der Waals surface area contributed by atoms with Crippen LogP contribution in [-0.2, 0) is 4.79 Å². The van der Waals surface area contributed by atoms with E-state index in [1.807, 2.05) is 26.8 Å². The Kier molecular flexibility index (Phi) is 4.93. The van der Waals surface area contributed by atoms with Gasteiger partial charge in [0.25, 0.3) is 0 Å². The molecule has 0 aromatic carbocycles. The maximum Gasteiger partial charge on any atom is 0.326 e. The van der Waals surface area contributed by atoms with Crippen LogP contribution in [0.5, 0.6) is 0 Å². The lowest BCUT2D eigenvalue weighted by molar-refractivity contribution is -0.138. The molecule has 0 aliphatic rings. The maximum atomic E-state index is 11.1. The van der Waals surface area contributed by atoms with Crippen LogP contribution in [0.3, 0.4) is 0 Å². The van der Waals surface area contributed by atoms with Crippen molar-refractivity contribution in [3.05, 3.63) is 22.3 Å². The van der Waals surface area contributed by atoms with E-state index in [9.17, 15) is 4.79 Å². The molecule has 0 radical (unpaired) electrons. The van der Waals surface area contributed by atoms with E-state index >= 15 is 0 Å². The van der Waals surface area contributed by atoms with Crippen LogP contribution in [0, 0.1) is 12.8 Å². The van der Waals surface area contributed by atoms with Gasteiger partial charge in [-0.1, -0.05) is 13.8 Å². The van der Waals surface area contributed by atoms with Crippen molar-refractivity contribution in [1.82, 2.24) is 4.98 Å². The minimum atomic E-state index is -0.846. The fourth-order valence-corrected chi connectivity index (χ4v) is 1.72. The van der Waals surface area contributed by atoms with Gasteiger partial charge in [0.05, 0.1) is 5.69 Å². The van der Waals surface area contributed by atoms with Crippen molar-refractivity contribution >= 4 is 27.7 Å². The van der Waals surface area contributed by atoms with Crippen molar-refractivity contribution in [3.8, 4) is 0 Å². The second kappa shape index (κ2) is 6.00. The third kappa shape index (κ3) is 4.34. The van der Waals surface area contributed by atoms with Gasteiger partial charge in [0.1, 0.15) is 11.9 Å². The first-order valence-electron chi connectivity index (χ1n) is 5.52. The first-order valence-corrected chi connectivity index (χ1v) is 6.32. The molecule has 1 aromatic heterocycles. The standard InChI is InChI=1S/C12H17BrN2O2/c1-7(2)6-10(12(16)17)15-11-5-4-9(13)8(3)14-11/h4-5,7,10H,6H2,1-3H3,(H,14,15)(H,16,17)/t10-/m1/s1. The second-order valence-corrected chi connectivity index (χ2v) is 5.28. The number of nitrogens with one attached hydrogen (secondary N) is 1. The van der Waals surface area contributed by atoms with Gasteiger partial charge < -0.3 is 10.4 Å². The lowest BCUT2D eigenvalue weighted by atomic mass is 10.0. The Morgan fingerprint density at radius 3 is 2.65 bits per heavy atom. The number of carbonyl (C=O) groups is 1. The molecule has 0 aliphatic carbocycles. The van der Waals surface area contributed by atoms with E-state index in [0.717, 1.165) is 10.2 Å². The van der Waals surface area contributed by atoms with E-state index in [2.05, 4.69) is 26.2 Å². The van der Waals surface area contributed by atoms with Gasteiger partial charge in [-0.3, -0.25) is 0 Å². The summed E-state index contributed by atoms with van der Waals surface area (Å²) in [6.45, 7) is 5.86. The molecule has 94 valence electrons. The smallest absolute Gasteiger partial charge is 0.326 e. The van der Waals surface area contributed by atoms with Gasteiger partial charge in [-0.25, -0.2) is 9.78 Å². The summed E-state index contributed by atoms with van der Waals surface area (Å²) in [4.78, 5) is 15.4. The quantitative estimate of drug-likeness (QED) is 0.877. The van der Waals surface area contributed by atoms with Gasteiger partial charge in [-0.2, -0.15) is 0 Å². The molecule has 0 saturated heterocycles. The number of nitrogens with zero attached hydrogens (tertiary/aromatic N) is 1. The number of aliphatic carboxylic acids is 1. The molecular weight excluding hydrogens is 284 g/mol. The van der Waals surface area contributed by atoms with Crippen molar-refractivity contribution in [2.45, 2.75) is 33.2 Å². The van der Waals surface area contributed by atoms with Crippen molar-refractivity contribution < 1.29 is 9.90 Å². The molecule has 0 unspecified atom stereocenters. The van der Waals surface area contributed by atoms with Crippen LogP contribution in [0.15, 0.2) is 16.6 Å². The van der Waals surface area contributed by atoms with Gasteiger partial charge in [0, 0.05) is 4.47 Å². The molecule has 0 saturated carbocycles. The van der Waals surface area contributed by atoms with Gasteiger partial charge >= 0.3 is 5.97 Å². The first-order chi connectivity index (χ1) is 7.90. The zero-order valence-corrected chi connectivity index (χ0v) is 11.8. The second-order valence-electron chi connectivity index (χ2n) is 4.43. The molecule has 0 aliphatic heterocycles. The van der Waals surface area contributed by atoms with Gasteiger partial charge in [0.15, 0.2) is 0 Å². The number of hydrogen-bond acceptors (Lipinski definition) is 3. The van der Waals surface area contributed by atoms with Crippen LogP contribution in [0.4, 0.5) is 5.82 Å². The lowest BCUT2D eigenvalue weighted by Crippen LogP contribution is -2.31. The van der Waals surface area contributed by atoms with Crippen LogP contribution in [0.2, 0.25) is 0 Å². The molecule has 1 atom stereocenters. The first kappa shape index (κ1) is 14.0. The molecule has 17 heavy (non-hydrogen) atoms. The Hall–Kier alpha value is -1.10. The third-order valence-corrected chi connectivity index (χ3v) is 3.19. The van der Waals surface area contributed by atoms with Crippen LogP contribution in [0.25, 0.3) is 0 Å². The van der Waals surface area contributed by atoms with Gasteiger partial charge in [0.2, 0.25) is 0 Å². The number of carboxylic acid groups (broad SMARTS) is 1. The number of aromatic nitrogens is 1. The summed E-state index contributed by atoms with van der Waals surface area (Å²) in [6.07, 6.45) is 0.576. The summed E-state index contributed by atoms with van der Waals surface area (Å²) in [7, 11) is 0. The molecule has 0 fully saturated rings. The normalized spacial score (nSPS) is 12.5. The van der Waals surface area contributed by atoms with E-state index in [1.165, 1.54) is 0 Å². The molecule has 1 heterocycles. The fourth-order valence-electron chi connectivity index (χ4n) is 1.50. The molecule has 0 spiro atoms. The number of halogens is 1. The van der Waals surface area contributed by atoms with E-state index < -0.39 is 12.0 Å². The number of rotatable bonds is 5. The number of hydrogen-bond donors (Lipinski definition) is 2. The van der Waals surface area contributed by atoms with Crippen molar-refractivity contribution in [3.63, 3.8) is 0 Å². The van der Waals surface area contributed by atoms with Gasteiger partial charge in [-0.15, -0.1) is 0 Å². The number of anilines is 1. The van der Waals surface area contributed by atoms with Crippen molar-refractivity contribution in [2.24, 2.45) is 5.92 Å². The predicted molar refractivity (Wildman–Crippen MR) is 71.2 cm³/mol. The molecule has 5 heteroatoms. The maximum absolute atomic E-state index is 11.1. The van der Waals surface area contributed by atoms with Crippen LogP contribution >= 0.6 is 15.9 Å². The highest BCUT2D eigenvalue weighted by Gasteiger charge is 2.19. The monoisotopic (exact) mass is 300 g/mol. The highest BCUT2D eigenvalue weighted by atomic mass is 79.9. The van der Waals surface area contributed by atoms with E-state index in [4.69, 9.17) is 5.11 Å². The predicted octanol–water partition coefficient (Wildman–Crippen LogP) is 3.06. The fraction of sp³-hybridized carbons (Fsp3) is 0.500. The summed E-state index contributed by atoms with van der Waals surface area (Å²) < 4.78 is 0.916. The van der Waals surface area contributed by atoms with E-state index in [0.29, 0.717) is 18.2 Å². The Morgan fingerprint density at radius 2 is 2.18 bits per heavy atom. The molecule has 2 N–H and O–H groups in total. The molecule has 0 bridgehead atoms. The van der Waals surface area contributed by atoms with Crippen molar-refractivity contribution in [2.75, 3.05) is 5.32 Å². The molecule has 0 amide bonds. The number of carboxylic acids is 1. The molecule has 4 nitrogen and oxygen atoms in total. The lowest BCUT2D eigenvalue weighted by Gasteiger charge is -2.17. The highest BCUT2D eigenvalue weighted by molar-refractivity contribution is 9.10. The third-order valence-electron chi connectivity index (χ3n) is 2.35. The topological polar surface area (TPSA) is 62.2 Å². The minimum absolute atomic E-state index is 0.320. The summed E-state index contributed by atoms with van der Waals surface area (Å²) in [5.74, 6) is 0.0694. The van der Waals surface area contributed by atoms with E-state index in [-0.39, 0.29) is 0 Å². The van der Waals surface area contributed by atoms with Crippen LogP contribution in [0.1, 0.15) is 26.0 Å². The van der Waals surface area contributed by atoms with Crippen LogP contribution in [-0.4, -0.2) is 22.1 Å². The number of aryl methyl sites for hydroxylation is 1. The number of pyridine rings is 1. The summed E-state index contributed by atoms with van der Waals surface area (Å²) in [5, 5.41) is 12.1. The Labute approximate surface area is 110 Å². The summed E-state index contributed by atoms with van der Waals surface area (Å²) in [5.41, 5.74) is 0.837. The minimum Gasteiger partial charge on any atom is -0.480 e. The van der Waals surface area contributed by atoms with E-state index in [1.54, 1.807) is 6.07 Å². The average molecular weight is 301 g/mol. The highest BCUT2D eigenvalue weighted by Crippen LogP contribution is 2.18. The Bertz CT molecular complexity index is 407. The Morgan fingerprint density at radius 1 is 1.53 bits per heavy atom. The molecule has 1 aromatic rings. The van der Waals surface area contributed by atoms with Gasteiger partial charge in [-0.05, 0) is 47.3 Å². The zero-order chi connectivity index (χ0) is 13.0. The summed E-state index contributed by atoms with van der Waals surface area (Å²) >= 11 is 3.36. The van der Waals surface area contributed by atoms with Crippen LogP contribution < -0.4 is 5.32 Å². The van der Waals surface area contributed by atoms with Crippen molar-refractivity contribution in [1.29, 1.82) is 0 Å².